The molecule has 0 amide bonds. The van der Waals surface area contributed by atoms with Gasteiger partial charge in [0.1, 0.15) is 0 Å². The highest BCUT2D eigenvalue weighted by atomic mass is 14.9. The van der Waals surface area contributed by atoms with E-state index in [1.807, 2.05) is 0 Å². The third-order valence-electron chi connectivity index (χ3n) is 1.64. The van der Waals surface area contributed by atoms with Crippen LogP contribution in [0.3, 0.4) is 0 Å². The SMILES string of the molecule is C=C[N]C1CCCC1. The highest BCUT2D eigenvalue weighted by molar-refractivity contribution is 4.77. The minimum atomic E-state index is 0.618. The maximum absolute atomic E-state index is 4.19. The van der Waals surface area contributed by atoms with Gasteiger partial charge in [-0.25, -0.2) is 0 Å². The van der Waals surface area contributed by atoms with Gasteiger partial charge in [-0.15, -0.1) is 0 Å². The summed E-state index contributed by atoms with van der Waals surface area (Å²) in [5.74, 6) is 0. The zero-order valence-electron chi connectivity index (χ0n) is 5.14. The Morgan fingerprint density at radius 1 is 1.38 bits per heavy atom. The predicted molar refractivity (Wildman–Crippen MR) is 34.6 cm³/mol. The zero-order valence-corrected chi connectivity index (χ0v) is 5.14. The van der Waals surface area contributed by atoms with Crippen molar-refractivity contribution in [3.8, 4) is 0 Å². The number of nitrogens with zero attached hydrogens (tertiary/aromatic N) is 1. The molecule has 0 aromatic carbocycles. The van der Waals surface area contributed by atoms with Gasteiger partial charge in [0.25, 0.3) is 0 Å². The van der Waals surface area contributed by atoms with Crippen LogP contribution < -0.4 is 5.32 Å². The lowest BCUT2D eigenvalue weighted by Crippen LogP contribution is -2.11. The van der Waals surface area contributed by atoms with Crippen molar-refractivity contribution in [2.24, 2.45) is 0 Å². The second kappa shape index (κ2) is 2.75. The Bertz CT molecular complexity index is 72.5. The summed E-state index contributed by atoms with van der Waals surface area (Å²) in [6.07, 6.45) is 6.97. The molecule has 0 spiro atoms. The standard InChI is InChI=1S/C7H12N/c1-2-8-7-5-3-4-6-7/h2,7H,1,3-6H2. The number of rotatable bonds is 2. The molecule has 0 unspecified atom stereocenters. The highest BCUT2D eigenvalue weighted by Crippen LogP contribution is 2.17. The van der Waals surface area contributed by atoms with Crippen molar-refractivity contribution >= 4 is 0 Å². The van der Waals surface area contributed by atoms with E-state index in [2.05, 4.69) is 11.9 Å². The van der Waals surface area contributed by atoms with E-state index in [0.29, 0.717) is 6.04 Å². The van der Waals surface area contributed by atoms with E-state index >= 15 is 0 Å². The molecule has 1 aliphatic rings. The lowest BCUT2D eigenvalue weighted by molar-refractivity contribution is 0.598. The first-order chi connectivity index (χ1) is 3.93. The molecule has 1 heteroatoms. The molecular weight excluding hydrogens is 98.1 g/mol. The highest BCUT2D eigenvalue weighted by Gasteiger charge is 2.12. The maximum Gasteiger partial charge on any atom is 0.0499 e. The molecule has 0 N–H and O–H groups in total. The summed E-state index contributed by atoms with van der Waals surface area (Å²) in [7, 11) is 0. The van der Waals surface area contributed by atoms with Crippen LogP contribution in [-0.2, 0) is 0 Å². The van der Waals surface area contributed by atoms with E-state index in [1.54, 1.807) is 6.20 Å². The third kappa shape index (κ3) is 1.25. The first-order valence-corrected chi connectivity index (χ1v) is 3.24. The quantitative estimate of drug-likeness (QED) is 0.513. The van der Waals surface area contributed by atoms with Crippen molar-refractivity contribution in [1.82, 2.24) is 5.32 Å². The molecule has 0 heterocycles. The molecular formula is C7H12N. The molecule has 45 valence electrons. The second-order valence-electron chi connectivity index (χ2n) is 2.27. The smallest absolute Gasteiger partial charge is 0.0499 e. The average Bonchev–Trinajstić information content (AvgIpc) is 2.19. The Morgan fingerprint density at radius 2 is 2.00 bits per heavy atom. The third-order valence-corrected chi connectivity index (χ3v) is 1.64. The molecule has 0 saturated heterocycles. The van der Waals surface area contributed by atoms with Gasteiger partial charge in [-0.05, 0) is 12.8 Å². The van der Waals surface area contributed by atoms with Gasteiger partial charge in [0, 0.05) is 12.2 Å². The Kier molecular flexibility index (Phi) is 1.95. The van der Waals surface area contributed by atoms with Crippen LogP contribution in [-0.4, -0.2) is 6.04 Å². The van der Waals surface area contributed by atoms with Crippen LogP contribution in [0.15, 0.2) is 12.8 Å². The molecule has 1 rings (SSSR count). The van der Waals surface area contributed by atoms with Gasteiger partial charge in [-0.3, -0.25) is 5.32 Å². The number of hydrogen-bond donors (Lipinski definition) is 0. The van der Waals surface area contributed by atoms with Gasteiger partial charge in [0.2, 0.25) is 0 Å². The van der Waals surface area contributed by atoms with Crippen LogP contribution in [0.25, 0.3) is 0 Å². The van der Waals surface area contributed by atoms with E-state index in [4.69, 9.17) is 0 Å². The van der Waals surface area contributed by atoms with Crippen molar-refractivity contribution in [1.29, 1.82) is 0 Å². The van der Waals surface area contributed by atoms with E-state index in [-0.39, 0.29) is 0 Å². The lowest BCUT2D eigenvalue weighted by Gasteiger charge is -2.02. The molecule has 1 radical (unpaired) electrons. The average molecular weight is 110 g/mol. The monoisotopic (exact) mass is 110 g/mol. The van der Waals surface area contributed by atoms with Crippen molar-refractivity contribution in [3.05, 3.63) is 12.8 Å². The lowest BCUT2D eigenvalue weighted by atomic mass is 10.3. The summed E-state index contributed by atoms with van der Waals surface area (Å²) in [6, 6.07) is 0.618. The van der Waals surface area contributed by atoms with Gasteiger partial charge in [0.15, 0.2) is 0 Å². The van der Waals surface area contributed by atoms with E-state index in [1.165, 1.54) is 25.7 Å². The normalized spacial score (nSPS) is 21.0. The largest absolute Gasteiger partial charge is 0.290 e. The summed E-state index contributed by atoms with van der Waals surface area (Å²) in [4.78, 5) is 0. The zero-order chi connectivity index (χ0) is 5.82. The molecule has 0 bridgehead atoms. The topological polar surface area (TPSA) is 14.1 Å². The summed E-state index contributed by atoms with van der Waals surface area (Å²) in [5.41, 5.74) is 0. The molecule has 0 aromatic rings. The Morgan fingerprint density at radius 3 is 2.50 bits per heavy atom. The van der Waals surface area contributed by atoms with Crippen molar-refractivity contribution < 1.29 is 0 Å². The minimum Gasteiger partial charge on any atom is -0.290 e. The summed E-state index contributed by atoms with van der Waals surface area (Å²) < 4.78 is 0. The second-order valence-corrected chi connectivity index (χ2v) is 2.27. The Balaban J connectivity index is 2.14. The van der Waals surface area contributed by atoms with E-state index < -0.39 is 0 Å². The number of hydrogen-bond acceptors (Lipinski definition) is 0. The molecule has 1 fully saturated rings. The first kappa shape index (κ1) is 5.67. The van der Waals surface area contributed by atoms with Crippen LogP contribution in [0.1, 0.15) is 25.7 Å². The summed E-state index contributed by atoms with van der Waals surface area (Å²) in [5, 5.41) is 4.19. The predicted octanol–water partition coefficient (Wildman–Crippen LogP) is 1.68. The Labute approximate surface area is 50.8 Å². The Hall–Kier alpha value is -0.460. The van der Waals surface area contributed by atoms with Gasteiger partial charge in [-0.1, -0.05) is 19.4 Å². The summed E-state index contributed by atoms with van der Waals surface area (Å²) >= 11 is 0. The van der Waals surface area contributed by atoms with E-state index in [0.717, 1.165) is 0 Å². The van der Waals surface area contributed by atoms with Gasteiger partial charge >= 0.3 is 0 Å². The molecule has 0 aromatic heterocycles. The fourth-order valence-corrected chi connectivity index (χ4v) is 1.20. The maximum atomic E-state index is 4.19. The minimum absolute atomic E-state index is 0.618. The van der Waals surface area contributed by atoms with Crippen molar-refractivity contribution in [2.75, 3.05) is 0 Å². The van der Waals surface area contributed by atoms with Gasteiger partial charge < -0.3 is 0 Å². The van der Waals surface area contributed by atoms with Crippen molar-refractivity contribution in [3.63, 3.8) is 0 Å². The molecule has 1 saturated carbocycles. The molecule has 1 nitrogen and oxygen atoms in total. The van der Waals surface area contributed by atoms with Crippen LogP contribution in [0.2, 0.25) is 0 Å². The van der Waals surface area contributed by atoms with Crippen LogP contribution in [0.5, 0.6) is 0 Å². The fourth-order valence-electron chi connectivity index (χ4n) is 1.20. The summed E-state index contributed by atoms with van der Waals surface area (Å²) in [6.45, 7) is 3.56. The molecule has 8 heavy (non-hydrogen) atoms. The molecule has 1 aliphatic carbocycles. The molecule has 0 atom stereocenters. The first-order valence-electron chi connectivity index (χ1n) is 3.24. The molecule has 0 aliphatic heterocycles. The van der Waals surface area contributed by atoms with Crippen LogP contribution in [0, 0.1) is 0 Å². The van der Waals surface area contributed by atoms with Gasteiger partial charge in [0.05, 0.1) is 0 Å². The van der Waals surface area contributed by atoms with Crippen LogP contribution in [0.4, 0.5) is 0 Å². The van der Waals surface area contributed by atoms with Crippen molar-refractivity contribution in [2.45, 2.75) is 31.7 Å². The van der Waals surface area contributed by atoms with Gasteiger partial charge in [-0.2, -0.15) is 0 Å². The van der Waals surface area contributed by atoms with Crippen LogP contribution >= 0.6 is 0 Å². The fraction of sp³-hybridized carbons (Fsp3) is 0.714. The van der Waals surface area contributed by atoms with E-state index in [9.17, 15) is 0 Å².